The summed E-state index contributed by atoms with van der Waals surface area (Å²) in [7, 11) is 0. The Hall–Kier alpha value is -7.14. The van der Waals surface area contributed by atoms with Gasteiger partial charge in [-0.25, -0.2) is 9.97 Å². The summed E-state index contributed by atoms with van der Waals surface area (Å²) >= 11 is 1.72. The quantitative estimate of drug-likeness (QED) is 0.169. The van der Waals surface area contributed by atoms with Crippen molar-refractivity contribution in [3.05, 3.63) is 182 Å². The van der Waals surface area contributed by atoms with Crippen LogP contribution < -0.4 is 0 Å². The van der Waals surface area contributed by atoms with Gasteiger partial charge >= 0.3 is 0 Å². The van der Waals surface area contributed by atoms with Gasteiger partial charge in [0.2, 0.25) is 0 Å². The molecule has 0 aliphatic rings. The van der Waals surface area contributed by atoms with Crippen molar-refractivity contribution in [1.82, 2.24) is 9.97 Å². The van der Waals surface area contributed by atoms with E-state index in [2.05, 4.69) is 158 Å². The summed E-state index contributed by atoms with van der Waals surface area (Å²) in [5.41, 5.74) is 9.40. The van der Waals surface area contributed by atoms with E-state index in [4.69, 9.17) is 14.4 Å². The van der Waals surface area contributed by atoms with Crippen LogP contribution >= 0.6 is 11.3 Å². The van der Waals surface area contributed by atoms with Gasteiger partial charge in [0.05, 0.1) is 5.69 Å². The highest BCUT2D eigenvalue weighted by molar-refractivity contribution is 7.25. The molecule has 0 aliphatic carbocycles. The van der Waals surface area contributed by atoms with E-state index < -0.39 is 0 Å². The molecule has 12 aromatic rings. The number of hydrogen-bond acceptors (Lipinski definition) is 4. The number of thiophene rings is 1. The average Bonchev–Trinajstić information content (AvgIpc) is 3.83. The molecule has 4 heteroatoms. The van der Waals surface area contributed by atoms with Gasteiger partial charge in [0.15, 0.2) is 5.82 Å². The number of hydrogen-bond donors (Lipinski definition) is 0. The summed E-state index contributed by atoms with van der Waals surface area (Å²) in [5.74, 6) is 0.741. The smallest absolute Gasteiger partial charge is 0.161 e. The topological polar surface area (TPSA) is 38.9 Å². The molecule has 0 N–H and O–H groups in total. The van der Waals surface area contributed by atoms with E-state index in [1.54, 1.807) is 11.3 Å². The molecular formula is C52H30N2OS. The molecule has 3 heterocycles. The first kappa shape index (κ1) is 31.2. The van der Waals surface area contributed by atoms with Crippen molar-refractivity contribution in [3.8, 4) is 44.9 Å². The Bertz CT molecular complexity index is 3490. The summed E-state index contributed by atoms with van der Waals surface area (Å²) in [6, 6.07) is 65.0. The zero-order valence-electron chi connectivity index (χ0n) is 30.0. The normalized spacial score (nSPS) is 11.9. The fraction of sp³-hybridized carbons (Fsp3) is 0. The molecule has 0 radical (unpaired) electrons. The van der Waals surface area contributed by atoms with E-state index in [-0.39, 0.29) is 0 Å². The maximum Gasteiger partial charge on any atom is 0.161 e. The molecule has 9 aromatic carbocycles. The predicted molar refractivity (Wildman–Crippen MR) is 236 cm³/mol. The lowest BCUT2D eigenvalue weighted by Gasteiger charge is -2.12. The van der Waals surface area contributed by atoms with E-state index in [1.165, 1.54) is 48.1 Å². The van der Waals surface area contributed by atoms with Gasteiger partial charge in [-0.05, 0) is 97.0 Å². The zero-order chi connectivity index (χ0) is 36.7. The van der Waals surface area contributed by atoms with Crippen LogP contribution in [0.3, 0.4) is 0 Å². The van der Waals surface area contributed by atoms with E-state index in [1.807, 2.05) is 24.3 Å². The van der Waals surface area contributed by atoms with Crippen molar-refractivity contribution in [2.45, 2.75) is 0 Å². The third-order valence-corrected chi connectivity index (χ3v) is 12.4. The molecule has 56 heavy (non-hydrogen) atoms. The molecule has 0 saturated carbocycles. The summed E-state index contributed by atoms with van der Waals surface area (Å²) in [4.78, 5) is 11.3. The van der Waals surface area contributed by atoms with Crippen LogP contribution in [0.5, 0.6) is 0 Å². The number of aromatic nitrogens is 2. The SMILES string of the molecule is c1ccc(-c2nc(-c3ccccc3)c3c(n2)sc2ccc(-c4ccc5c(c4)oc4ccc(-c6ccc7c8ccccc8c8ccccc8c7c6)cc45)cc23)cc1. The van der Waals surface area contributed by atoms with Crippen LogP contribution in [0.25, 0.3) is 119 Å². The Morgan fingerprint density at radius 1 is 0.339 bits per heavy atom. The molecule has 260 valence electrons. The van der Waals surface area contributed by atoms with Gasteiger partial charge in [-0.2, -0.15) is 0 Å². The third-order valence-electron chi connectivity index (χ3n) is 11.3. The lowest BCUT2D eigenvalue weighted by atomic mass is 9.92. The highest BCUT2D eigenvalue weighted by Crippen LogP contribution is 2.43. The van der Waals surface area contributed by atoms with E-state index >= 15 is 0 Å². The molecule has 3 nitrogen and oxygen atoms in total. The molecule has 0 saturated heterocycles. The van der Waals surface area contributed by atoms with Gasteiger partial charge < -0.3 is 4.42 Å². The Labute approximate surface area is 325 Å². The summed E-state index contributed by atoms with van der Waals surface area (Å²) in [5, 5.41) is 12.2. The Kier molecular flexibility index (Phi) is 6.80. The summed E-state index contributed by atoms with van der Waals surface area (Å²) in [6.07, 6.45) is 0. The molecule has 0 bridgehead atoms. The number of fused-ring (bicyclic) bond motifs is 12. The maximum absolute atomic E-state index is 6.54. The minimum absolute atomic E-state index is 0.741. The zero-order valence-corrected chi connectivity index (χ0v) is 30.8. The molecule has 0 fully saturated rings. The van der Waals surface area contributed by atoms with E-state index in [0.29, 0.717) is 0 Å². The minimum atomic E-state index is 0.741. The van der Waals surface area contributed by atoms with Crippen LogP contribution in [0.2, 0.25) is 0 Å². The van der Waals surface area contributed by atoms with Gasteiger partial charge in [0, 0.05) is 37.4 Å². The molecule has 0 amide bonds. The lowest BCUT2D eigenvalue weighted by Crippen LogP contribution is -1.93. The van der Waals surface area contributed by atoms with Crippen molar-refractivity contribution >= 4 is 85.9 Å². The molecule has 0 spiro atoms. The second-order valence-electron chi connectivity index (χ2n) is 14.5. The van der Waals surface area contributed by atoms with Crippen LogP contribution in [0.15, 0.2) is 186 Å². The van der Waals surface area contributed by atoms with Crippen molar-refractivity contribution in [3.63, 3.8) is 0 Å². The van der Waals surface area contributed by atoms with Gasteiger partial charge in [-0.15, -0.1) is 11.3 Å². The third kappa shape index (κ3) is 4.83. The first-order chi connectivity index (χ1) is 27.7. The van der Waals surface area contributed by atoms with Crippen molar-refractivity contribution < 1.29 is 4.42 Å². The lowest BCUT2D eigenvalue weighted by molar-refractivity contribution is 0.669. The molecule has 3 aromatic heterocycles. The first-order valence-corrected chi connectivity index (χ1v) is 19.7. The number of furan rings is 1. The second-order valence-corrected chi connectivity index (χ2v) is 15.5. The molecule has 0 atom stereocenters. The van der Waals surface area contributed by atoms with Gasteiger partial charge in [0.1, 0.15) is 16.0 Å². The number of nitrogens with zero attached hydrogens (tertiary/aromatic N) is 2. The summed E-state index contributed by atoms with van der Waals surface area (Å²) < 4.78 is 7.73. The maximum atomic E-state index is 6.54. The van der Waals surface area contributed by atoms with E-state index in [9.17, 15) is 0 Å². The van der Waals surface area contributed by atoms with Crippen LogP contribution in [0, 0.1) is 0 Å². The van der Waals surface area contributed by atoms with E-state index in [0.717, 1.165) is 71.3 Å². The van der Waals surface area contributed by atoms with Crippen molar-refractivity contribution in [1.29, 1.82) is 0 Å². The van der Waals surface area contributed by atoms with Crippen molar-refractivity contribution in [2.75, 3.05) is 0 Å². The Morgan fingerprint density at radius 2 is 0.857 bits per heavy atom. The molecule has 0 unspecified atom stereocenters. The monoisotopic (exact) mass is 730 g/mol. The fourth-order valence-electron chi connectivity index (χ4n) is 8.60. The van der Waals surface area contributed by atoms with Gasteiger partial charge in [-0.1, -0.05) is 140 Å². The minimum Gasteiger partial charge on any atom is -0.456 e. The fourth-order valence-corrected chi connectivity index (χ4v) is 9.66. The molecular weight excluding hydrogens is 701 g/mol. The number of rotatable bonds is 4. The molecule has 0 aliphatic heterocycles. The van der Waals surface area contributed by atoms with Crippen LogP contribution in [0.1, 0.15) is 0 Å². The average molecular weight is 731 g/mol. The Morgan fingerprint density at radius 3 is 1.55 bits per heavy atom. The standard InChI is InChI=1S/C52H30N2OS/c1-3-11-31(12-4-1)50-49-45-29-35(22-26-48(45)56-52(49)54-51(53-50)32-13-5-2-6-14-32)36-20-24-42-44-28-34(21-25-46(44)55-47(42)30-36)33-19-23-41-39-17-8-7-15-37(39)38-16-9-10-18-40(38)43(41)27-33/h1-30H. The summed E-state index contributed by atoms with van der Waals surface area (Å²) in [6.45, 7) is 0. The van der Waals surface area contributed by atoms with Crippen molar-refractivity contribution in [2.24, 2.45) is 0 Å². The largest absolute Gasteiger partial charge is 0.456 e. The van der Waals surface area contributed by atoms with Crippen LogP contribution in [-0.4, -0.2) is 9.97 Å². The Balaban J connectivity index is 0.969. The van der Waals surface area contributed by atoms with Gasteiger partial charge in [-0.3, -0.25) is 0 Å². The number of benzene rings is 9. The van der Waals surface area contributed by atoms with Gasteiger partial charge in [0.25, 0.3) is 0 Å². The van der Waals surface area contributed by atoms with Crippen LogP contribution in [0.4, 0.5) is 0 Å². The van der Waals surface area contributed by atoms with Crippen LogP contribution in [-0.2, 0) is 0 Å². The highest BCUT2D eigenvalue weighted by Gasteiger charge is 2.18. The first-order valence-electron chi connectivity index (χ1n) is 18.9. The predicted octanol–water partition coefficient (Wildman–Crippen LogP) is 14.9. The molecule has 12 rings (SSSR count). The highest BCUT2D eigenvalue weighted by atomic mass is 32.1. The second kappa shape index (κ2) is 12.2.